The summed E-state index contributed by atoms with van der Waals surface area (Å²) in [6.07, 6.45) is 0.118. The number of likely N-dealkylation sites (tertiary alicyclic amines) is 1. The van der Waals surface area contributed by atoms with E-state index in [9.17, 15) is 24.3 Å². The summed E-state index contributed by atoms with van der Waals surface area (Å²) in [5.74, 6) is -1.61. The number of aliphatic hydroxyl groups excluding tert-OH is 1. The SMILES string of the molecule is CC[C@H](C)[C@@H]([C@@H](CC(=O)N1CCCC1[C@H](OC)[C@@H](C)C(=O)N[C@H](C)[C@@H](O)c1ccccc1)OC)N(C)C(=O)C(NC(=O)C(C(C)C)N(C)CCNC)C(C)C. The van der Waals surface area contributed by atoms with Crippen LogP contribution in [0, 0.1) is 23.7 Å². The molecule has 4 amide bonds. The van der Waals surface area contributed by atoms with Crippen LogP contribution in [-0.2, 0) is 28.7 Å². The second kappa shape index (κ2) is 23.2. The van der Waals surface area contributed by atoms with Crippen molar-refractivity contribution >= 4 is 23.6 Å². The first-order chi connectivity index (χ1) is 26.0. The van der Waals surface area contributed by atoms with E-state index in [0.29, 0.717) is 25.1 Å². The van der Waals surface area contributed by atoms with Crippen LogP contribution in [0.15, 0.2) is 30.3 Å². The Balaban J connectivity index is 2.26. The third-order valence-corrected chi connectivity index (χ3v) is 11.6. The number of methoxy groups -OCH3 is 2. The number of nitrogens with zero attached hydrogens (tertiary/aromatic N) is 3. The van der Waals surface area contributed by atoms with Gasteiger partial charge in [-0.15, -0.1) is 0 Å². The molecule has 314 valence electrons. The Kier molecular flexibility index (Phi) is 20.3. The van der Waals surface area contributed by atoms with Crippen LogP contribution in [0.4, 0.5) is 0 Å². The van der Waals surface area contributed by atoms with E-state index in [1.807, 2.05) is 83.9 Å². The number of nitrogens with one attached hydrogen (secondary N) is 3. The summed E-state index contributed by atoms with van der Waals surface area (Å²) in [7, 11) is 8.67. The first-order valence-electron chi connectivity index (χ1n) is 20.3. The maximum atomic E-state index is 14.4. The number of aliphatic hydroxyl groups is 1. The smallest absolute Gasteiger partial charge is 0.245 e. The van der Waals surface area contributed by atoms with E-state index < -0.39 is 48.4 Å². The molecule has 0 saturated carbocycles. The molecule has 3 unspecified atom stereocenters. The quantitative estimate of drug-likeness (QED) is 0.131. The summed E-state index contributed by atoms with van der Waals surface area (Å²) in [6, 6.07) is 6.68. The van der Waals surface area contributed by atoms with E-state index >= 15 is 0 Å². The van der Waals surface area contributed by atoms with Gasteiger partial charge >= 0.3 is 0 Å². The van der Waals surface area contributed by atoms with Crippen LogP contribution in [-0.4, -0.2) is 141 Å². The maximum absolute atomic E-state index is 14.4. The number of carbonyl (C=O) groups excluding carboxylic acids is 4. The molecule has 13 heteroatoms. The van der Waals surface area contributed by atoms with Gasteiger partial charge in [-0.25, -0.2) is 0 Å². The van der Waals surface area contributed by atoms with E-state index in [4.69, 9.17) is 9.47 Å². The molecule has 1 aliphatic heterocycles. The Morgan fingerprint density at radius 2 is 1.56 bits per heavy atom. The van der Waals surface area contributed by atoms with Crippen molar-refractivity contribution in [2.75, 3.05) is 55.0 Å². The molecule has 0 bridgehead atoms. The molecule has 55 heavy (non-hydrogen) atoms. The van der Waals surface area contributed by atoms with E-state index in [1.165, 1.54) is 0 Å². The Morgan fingerprint density at radius 3 is 2.09 bits per heavy atom. The molecule has 0 aromatic heterocycles. The molecule has 0 radical (unpaired) electrons. The van der Waals surface area contributed by atoms with E-state index in [2.05, 4.69) is 22.9 Å². The summed E-state index contributed by atoms with van der Waals surface area (Å²) in [5.41, 5.74) is 0.711. The average Bonchev–Trinajstić information content (AvgIpc) is 3.65. The number of hydrogen-bond donors (Lipinski definition) is 4. The topological polar surface area (TPSA) is 153 Å². The van der Waals surface area contributed by atoms with Crippen LogP contribution in [0.2, 0.25) is 0 Å². The summed E-state index contributed by atoms with van der Waals surface area (Å²) >= 11 is 0. The van der Waals surface area contributed by atoms with Gasteiger partial charge in [-0.3, -0.25) is 24.1 Å². The van der Waals surface area contributed by atoms with Crippen LogP contribution >= 0.6 is 0 Å². The second-order valence-electron chi connectivity index (χ2n) is 16.2. The number of likely N-dealkylation sites (N-methyl/N-ethyl adjacent to an activating group) is 3. The lowest BCUT2D eigenvalue weighted by atomic mass is 9.89. The largest absolute Gasteiger partial charge is 0.386 e. The minimum Gasteiger partial charge on any atom is -0.386 e. The van der Waals surface area contributed by atoms with Gasteiger partial charge in [-0.1, -0.05) is 85.2 Å². The lowest BCUT2D eigenvalue weighted by Crippen LogP contribution is -2.60. The molecule has 4 N–H and O–H groups in total. The van der Waals surface area contributed by atoms with Gasteiger partial charge in [-0.05, 0) is 57.2 Å². The highest BCUT2D eigenvalue weighted by atomic mass is 16.5. The molecule has 1 aliphatic rings. The predicted molar refractivity (Wildman–Crippen MR) is 217 cm³/mol. The van der Waals surface area contributed by atoms with E-state index in [-0.39, 0.29) is 53.8 Å². The molecule has 0 aliphatic carbocycles. The number of amides is 4. The highest BCUT2D eigenvalue weighted by Gasteiger charge is 2.43. The van der Waals surface area contributed by atoms with Gasteiger partial charge in [0.2, 0.25) is 23.6 Å². The molecule has 13 nitrogen and oxygen atoms in total. The fraction of sp³-hybridized carbons (Fsp3) is 0.762. The average molecular weight is 775 g/mol. The molecule has 1 fully saturated rings. The van der Waals surface area contributed by atoms with Crippen LogP contribution in [0.3, 0.4) is 0 Å². The van der Waals surface area contributed by atoms with Crippen molar-refractivity contribution in [2.24, 2.45) is 23.7 Å². The van der Waals surface area contributed by atoms with Gasteiger partial charge in [0.25, 0.3) is 0 Å². The van der Waals surface area contributed by atoms with Gasteiger partial charge in [0.1, 0.15) is 6.04 Å². The van der Waals surface area contributed by atoms with E-state index in [1.54, 1.807) is 44.9 Å². The maximum Gasteiger partial charge on any atom is 0.245 e. The first kappa shape index (κ1) is 48.0. The van der Waals surface area contributed by atoms with Crippen molar-refractivity contribution in [2.45, 2.75) is 130 Å². The van der Waals surface area contributed by atoms with Gasteiger partial charge < -0.3 is 40.3 Å². The Labute approximate surface area is 331 Å². The molecular weight excluding hydrogens is 700 g/mol. The molecule has 1 heterocycles. The van der Waals surface area contributed by atoms with E-state index in [0.717, 1.165) is 19.4 Å². The van der Waals surface area contributed by atoms with Gasteiger partial charge in [0.05, 0.1) is 54.8 Å². The third kappa shape index (κ3) is 13.0. The number of benzene rings is 1. The van der Waals surface area contributed by atoms with Gasteiger partial charge in [-0.2, -0.15) is 0 Å². The summed E-state index contributed by atoms with van der Waals surface area (Å²) in [4.78, 5) is 61.3. The normalized spacial score (nSPS) is 19.7. The number of rotatable bonds is 23. The Morgan fingerprint density at radius 1 is 0.927 bits per heavy atom. The van der Waals surface area contributed by atoms with Crippen LogP contribution in [0.25, 0.3) is 0 Å². The second-order valence-corrected chi connectivity index (χ2v) is 16.2. The highest BCUT2D eigenvalue weighted by molar-refractivity contribution is 5.90. The van der Waals surface area contributed by atoms with Crippen molar-refractivity contribution in [3.05, 3.63) is 35.9 Å². The molecule has 1 saturated heterocycles. The Hall–Kier alpha value is -3.10. The molecule has 1 aromatic rings. The van der Waals surface area contributed by atoms with Crippen LogP contribution in [0.5, 0.6) is 0 Å². The standard InChI is InChI=1S/C42H74N6O7/c1-14-28(6)37(47(11)42(53)35(26(2)3)45-41(52)36(27(4)5)46(10)24-22-43-9)33(54-12)25-34(49)48-23-18-21-32(48)39(55-13)29(7)40(51)44-30(8)38(50)31-19-16-15-17-20-31/h15-17,19-20,26-30,32-33,35-39,43,50H,14,18,21-25H2,1-13H3,(H,44,51)(H,45,52)/t28-,29+,30+,32?,33+,35?,36?,37-,38+,39+/m0/s1. The zero-order chi connectivity index (χ0) is 41.6. The third-order valence-electron chi connectivity index (χ3n) is 11.6. The Bertz CT molecular complexity index is 1330. The minimum atomic E-state index is -0.878. The fourth-order valence-corrected chi connectivity index (χ4v) is 8.09. The van der Waals surface area contributed by atoms with Crippen molar-refractivity contribution < 1.29 is 33.8 Å². The highest BCUT2D eigenvalue weighted by Crippen LogP contribution is 2.30. The molecule has 1 aromatic carbocycles. The zero-order valence-corrected chi connectivity index (χ0v) is 36.0. The number of hydrogen-bond acceptors (Lipinski definition) is 9. The van der Waals surface area contributed by atoms with Crippen LogP contribution in [0.1, 0.15) is 92.7 Å². The summed E-state index contributed by atoms with van der Waals surface area (Å²) < 4.78 is 12.0. The zero-order valence-electron chi connectivity index (χ0n) is 36.0. The van der Waals surface area contributed by atoms with Crippen LogP contribution < -0.4 is 16.0 Å². The molecular formula is C42H74N6O7. The van der Waals surface area contributed by atoms with Crippen molar-refractivity contribution in [3.63, 3.8) is 0 Å². The molecule has 10 atom stereocenters. The van der Waals surface area contributed by atoms with Gasteiger partial charge in [0.15, 0.2) is 0 Å². The molecule has 0 spiro atoms. The summed E-state index contributed by atoms with van der Waals surface area (Å²) in [5, 5.41) is 20.0. The molecule has 2 rings (SSSR count). The van der Waals surface area contributed by atoms with Crippen molar-refractivity contribution in [3.8, 4) is 0 Å². The lowest BCUT2D eigenvalue weighted by Gasteiger charge is -2.41. The lowest BCUT2D eigenvalue weighted by molar-refractivity contribution is -0.148. The number of ether oxygens (including phenoxy) is 2. The van der Waals surface area contributed by atoms with Crippen molar-refractivity contribution in [1.29, 1.82) is 0 Å². The fourth-order valence-electron chi connectivity index (χ4n) is 8.09. The number of carbonyl (C=O) groups is 4. The minimum absolute atomic E-state index is 0.0238. The first-order valence-corrected chi connectivity index (χ1v) is 20.3. The van der Waals surface area contributed by atoms with Gasteiger partial charge in [0, 0.05) is 40.9 Å². The predicted octanol–water partition coefficient (Wildman–Crippen LogP) is 3.46. The summed E-state index contributed by atoms with van der Waals surface area (Å²) in [6.45, 7) is 17.4. The monoisotopic (exact) mass is 775 g/mol. The van der Waals surface area contributed by atoms with Crippen molar-refractivity contribution in [1.82, 2.24) is 30.7 Å².